The van der Waals surface area contributed by atoms with Gasteiger partial charge in [-0.3, -0.25) is 0 Å². The summed E-state index contributed by atoms with van der Waals surface area (Å²) in [6.07, 6.45) is -2.59. The monoisotopic (exact) mass is 386 g/mol. The van der Waals surface area contributed by atoms with Crippen LogP contribution >= 0.6 is 23.2 Å². The molecule has 134 valence electrons. The van der Waals surface area contributed by atoms with Crippen molar-refractivity contribution < 1.29 is 13.6 Å². The molecule has 2 aromatic carbocycles. The fourth-order valence-corrected chi connectivity index (χ4v) is 2.59. The summed E-state index contributed by atoms with van der Waals surface area (Å²) in [6, 6.07) is 10.3. The van der Waals surface area contributed by atoms with Gasteiger partial charge >= 0.3 is 6.03 Å². The highest BCUT2D eigenvalue weighted by atomic mass is 35.5. The van der Waals surface area contributed by atoms with Crippen molar-refractivity contribution in [3.8, 4) is 0 Å². The highest BCUT2D eigenvalue weighted by Crippen LogP contribution is 2.25. The zero-order valence-corrected chi connectivity index (χ0v) is 15.3. The lowest BCUT2D eigenvalue weighted by Gasteiger charge is -2.27. The second-order valence-electron chi connectivity index (χ2n) is 5.83. The first-order chi connectivity index (χ1) is 11.8. The number of urea groups is 1. The van der Waals surface area contributed by atoms with Crippen LogP contribution in [0.1, 0.15) is 31.4 Å². The summed E-state index contributed by atoms with van der Waals surface area (Å²) < 4.78 is 25.6. The molecule has 2 amide bonds. The number of benzene rings is 2. The normalized spacial score (nSPS) is 11.0. The Morgan fingerprint density at radius 2 is 1.84 bits per heavy atom. The van der Waals surface area contributed by atoms with Crippen molar-refractivity contribution in [3.63, 3.8) is 0 Å². The van der Waals surface area contributed by atoms with E-state index in [9.17, 15) is 13.6 Å². The van der Waals surface area contributed by atoms with Crippen molar-refractivity contribution in [2.75, 3.05) is 5.32 Å². The molecule has 0 unspecified atom stereocenters. The molecule has 0 atom stereocenters. The molecule has 0 heterocycles. The number of nitrogens with zero attached hydrogens (tertiary/aromatic N) is 1. The first-order valence-corrected chi connectivity index (χ1v) is 8.43. The second kappa shape index (κ2) is 8.50. The SMILES string of the molecule is CC(C)N(Cc1ccc(Cl)c(Cl)c1)C(=O)Nc1cccc(C(F)F)c1. The van der Waals surface area contributed by atoms with Crippen molar-refractivity contribution in [3.05, 3.63) is 63.6 Å². The summed E-state index contributed by atoms with van der Waals surface area (Å²) in [5, 5.41) is 3.51. The number of hydrogen-bond donors (Lipinski definition) is 1. The first kappa shape index (κ1) is 19.5. The maximum Gasteiger partial charge on any atom is 0.322 e. The molecule has 0 radical (unpaired) electrons. The van der Waals surface area contributed by atoms with E-state index in [0.717, 1.165) is 5.56 Å². The predicted molar refractivity (Wildman–Crippen MR) is 97.6 cm³/mol. The number of anilines is 1. The molecule has 0 aliphatic rings. The molecule has 0 fully saturated rings. The molecule has 0 spiro atoms. The number of nitrogens with one attached hydrogen (secondary N) is 1. The van der Waals surface area contributed by atoms with Gasteiger partial charge in [0.05, 0.1) is 10.0 Å². The minimum atomic E-state index is -2.59. The quantitative estimate of drug-likeness (QED) is 0.635. The van der Waals surface area contributed by atoms with Gasteiger partial charge in [-0.05, 0) is 43.7 Å². The molecule has 3 nitrogen and oxygen atoms in total. The van der Waals surface area contributed by atoms with Gasteiger partial charge in [0.2, 0.25) is 0 Å². The third-order valence-electron chi connectivity index (χ3n) is 3.61. The van der Waals surface area contributed by atoms with Gasteiger partial charge in [0, 0.05) is 23.8 Å². The molecule has 25 heavy (non-hydrogen) atoms. The summed E-state index contributed by atoms with van der Waals surface area (Å²) in [5.41, 5.74) is 1.00. The number of rotatable bonds is 5. The van der Waals surface area contributed by atoms with Crippen LogP contribution in [0.25, 0.3) is 0 Å². The molecule has 0 aliphatic heterocycles. The van der Waals surface area contributed by atoms with Crippen molar-refractivity contribution in [2.45, 2.75) is 32.9 Å². The molecule has 0 saturated heterocycles. The van der Waals surface area contributed by atoms with Gasteiger partial charge in [0.1, 0.15) is 0 Å². The summed E-state index contributed by atoms with van der Waals surface area (Å²) in [4.78, 5) is 14.1. The molecule has 1 N–H and O–H groups in total. The molecule has 0 saturated carbocycles. The summed E-state index contributed by atoms with van der Waals surface area (Å²) in [7, 11) is 0. The van der Waals surface area contributed by atoms with Crippen molar-refractivity contribution in [1.29, 1.82) is 0 Å². The first-order valence-electron chi connectivity index (χ1n) is 7.67. The lowest BCUT2D eigenvalue weighted by Crippen LogP contribution is -2.39. The Bertz CT molecular complexity index is 754. The van der Waals surface area contributed by atoms with Gasteiger partial charge in [-0.1, -0.05) is 41.4 Å². The lowest BCUT2D eigenvalue weighted by molar-refractivity contribution is 0.151. The van der Waals surface area contributed by atoms with E-state index < -0.39 is 6.43 Å². The van der Waals surface area contributed by atoms with Crippen molar-refractivity contribution >= 4 is 34.9 Å². The zero-order valence-electron chi connectivity index (χ0n) is 13.8. The maximum absolute atomic E-state index is 12.8. The van der Waals surface area contributed by atoms with Gasteiger partial charge in [-0.15, -0.1) is 0 Å². The highest BCUT2D eigenvalue weighted by Gasteiger charge is 2.18. The number of alkyl halides is 2. The molecule has 7 heteroatoms. The Kier molecular flexibility index (Phi) is 6.62. The number of amides is 2. The summed E-state index contributed by atoms with van der Waals surface area (Å²) in [6.45, 7) is 4.05. The van der Waals surface area contributed by atoms with Gasteiger partial charge < -0.3 is 10.2 Å². The number of carbonyl (C=O) groups is 1. The average Bonchev–Trinajstić information content (AvgIpc) is 2.55. The Hall–Kier alpha value is -1.85. The van der Waals surface area contributed by atoms with E-state index in [1.54, 1.807) is 29.2 Å². The fourth-order valence-electron chi connectivity index (χ4n) is 2.27. The molecule has 2 rings (SSSR count). The third-order valence-corrected chi connectivity index (χ3v) is 4.35. The molecule has 0 aliphatic carbocycles. The summed E-state index contributed by atoms with van der Waals surface area (Å²) in [5.74, 6) is 0. The van der Waals surface area contributed by atoms with Gasteiger partial charge in [0.25, 0.3) is 6.43 Å². The summed E-state index contributed by atoms with van der Waals surface area (Å²) >= 11 is 11.9. The lowest BCUT2D eigenvalue weighted by atomic mass is 10.2. The van der Waals surface area contributed by atoms with Gasteiger partial charge in [-0.25, -0.2) is 13.6 Å². The van der Waals surface area contributed by atoms with E-state index in [1.807, 2.05) is 13.8 Å². The predicted octanol–water partition coefficient (Wildman–Crippen LogP) is 6.37. The van der Waals surface area contributed by atoms with Crippen LogP contribution in [0.3, 0.4) is 0 Å². The topological polar surface area (TPSA) is 32.3 Å². The Morgan fingerprint density at radius 3 is 2.44 bits per heavy atom. The maximum atomic E-state index is 12.8. The smallest absolute Gasteiger partial charge is 0.318 e. The highest BCUT2D eigenvalue weighted by molar-refractivity contribution is 6.42. The van der Waals surface area contributed by atoms with Crippen LogP contribution in [0.2, 0.25) is 10.0 Å². The standard InChI is InChI=1S/C18H18Cl2F2N2O/c1-11(2)24(10-12-6-7-15(19)16(20)8-12)18(25)23-14-5-3-4-13(9-14)17(21)22/h3-9,11,17H,10H2,1-2H3,(H,23,25). The van der Waals surface area contributed by atoms with E-state index in [4.69, 9.17) is 23.2 Å². The van der Waals surface area contributed by atoms with Crippen molar-refractivity contribution in [2.24, 2.45) is 0 Å². The molecular formula is C18H18Cl2F2N2O. The number of hydrogen-bond acceptors (Lipinski definition) is 1. The molecule has 2 aromatic rings. The number of halogens is 4. The third kappa shape index (κ3) is 5.31. The van der Waals surface area contributed by atoms with Crippen LogP contribution < -0.4 is 5.32 Å². The zero-order chi connectivity index (χ0) is 18.6. The second-order valence-corrected chi connectivity index (χ2v) is 6.64. The Labute approximate surface area is 155 Å². The van der Waals surface area contributed by atoms with Crippen LogP contribution in [0.15, 0.2) is 42.5 Å². The van der Waals surface area contributed by atoms with Gasteiger partial charge in [-0.2, -0.15) is 0 Å². The van der Waals surface area contributed by atoms with Crippen LogP contribution in [0.4, 0.5) is 19.3 Å². The molecule has 0 bridgehead atoms. The van der Waals surface area contributed by atoms with Crippen LogP contribution in [-0.4, -0.2) is 17.0 Å². The van der Waals surface area contributed by atoms with Gasteiger partial charge in [0.15, 0.2) is 0 Å². The van der Waals surface area contributed by atoms with E-state index in [1.165, 1.54) is 18.2 Å². The largest absolute Gasteiger partial charge is 0.322 e. The Balaban J connectivity index is 2.15. The fraction of sp³-hybridized carbons (Fsp3) is 0.278. The van der Waals surface area contributed by atoms with E-state index >= 15 is 0 Å². The molecule has 0 aromatic heterocycles. The molecular weight excluding hydrogens is 369 g/mol. The minimum Gasteiger partial charge on any atom is -0.318 e. The van der Waals surface area contributed by atoms with Crippen LogP contribution in [0.5, 0.6) is 0 Å². The Morgan fingerprint density at radius 1 is 1.12 bits per heavy atom. The average molecular weight is 387 g/mol. The minimum absolute atomic E-state index is 0.104. The number of carbonyl (C=O) groups excluding carboxylic acids is 1. The van der Waals surface area contributed by atoms with Crippen molar-refractivity contribution in [1.82, 2.24) is 4.90 Å². The van der Waals surface area contributed by atoms with Crippen LogP contribution in [0, 0.1) is 0 Å². The van der Waals surface area contributed by atoms with E-state index in [0.29, 0.717) is 22.3 Å². The van der Waals surface area contributed by atoms with Crippen LogP contribution in [-0.2, 0) is 6.54 Å². The van der Waals surface area contributed by atoms with E-state index in [-0.39, 0.29) is 17.6 Å². The van der Waals surface area contributed by atoms with E-state index in [2.05, 4.69) is 5.32 Å².